The molecule has 0 aliphatic carbocycles. The first-order valence-electron chi connectivity index (χ1n) is 4.70. The van der Waals surface area contributed by atoms with Crippen LogP contribution in [0.5, 0.6) is 0 Å². The molecule has 0 N–H and O–H groups in total. The summed E-state index contributed by atoms with van der Waals surface area (Å²) in [5, 5.41) is 0. The molecule has 2 aromatic rings. The molecule has 2 aromatic heterocycles. The van der Waals surface area contributed by atoms with Crippen molar-refractivity contribution < 1.29 is 0 Å². The van der Waals surface area contributed by atoms with Gasteiger partial charge in [-0.05, 0) is 37.1 Å². The number of aryl methyl sites for hydroxylation is 1. The molecule has 15 heavy (non-hydrogen) atoms. The summed E-state index contributed by atoms with van der Waals surface area (Å²) < 4.78 is 0. The van der Waals surface area contributed by atoms with Gasteiger partial charge in [-0.3, -0.25) is 4.98 Å². The van der Waals surface area contributed by atoms with Crippen LogP contribution in [0, 0.1) is 18.8 Å². The average molecular weight is 194 g/mol. The first-order valence-corrected chi connectivity index (χ1v) is 4.70. The van der Waals surface area contributed by atoms with Gasteiger partial charge in [-0.1, -0.05) is 12.0 Å². The molecule has 0 aliphatic heterocycles. The number of aromatic nitrogens is 2. The van der Waals surface area contributed by atoms with E-state index in [1.807, 2.05) is 37.3 Å². The van der Waals surface area contributed by atoms with Crippen molar-refractivity contribution in [1.82, 2.24) is 9.97 Å². The van der Waals surface area contributed by atoms with Gasteiger partial charge in [0.2, 0.25) is 0 Å². The number of nitrogens with zero attached hydrogens (tertiary/aromatic N) is 2. The molecule has 0 amide bonds. The Morgan fingerprint density at radius 3 is 2.73 bits per heavy atom. The minimum absolute atomic E-state index is 0.791. The molecule has 0 aliphatic rings. The molecule has 0 saturated heterocycles. The van der Waals surface area contributed by atoms with Crippen LogP contribution in [0.1, 0.15) is 17.0 Å². The highest BCUT2D eigenvalue weighted by Crippen LogP contribution is 1.97. The molecule has 2 heteroatoms. The zero-order valence-electron chi connectivity index (χ0n) is 8.44. The van der Waals surface area contributed by atoms with Crippen LogP contribution in [0.2, 0.25) is 0 Å². The second-order valence-corrected chi connectivity index (χ2v) is 3.16. The van der Waals surface area contributed by atoms with E-state index >= 15 is 0 Å². The summed E-state index contributed by atoms with van der Waals surface area (Å²) in [6.07, 6.45) is 3.47. The fourth-order valence-corrected chi connectivity index (χ4v) is 1.19. The van der Waals surface area contributed by atoms with Crippen molar-refractivity contribution in [3.8, 4) is 11.8 Å². The third-order valence-electron chi connectivity index (χ3n) is 1.88. The van der Waals surface area contributed by atoms with Gasteiger partial charge in [0, 0.05) is 23.7 Å². The van der Waals surface area contributed by atoms with Crippen molar-refractivity contribution in [3.05, 3.63) is 59.7 Å². The molecule has 72 valence electrons. The molecule has 0 atom stereocenters. The van der Waals surface area contributed by atoms with Gasteiger partial charge in [0.15, 0.2) is 0 Å². The Morgan fingerprint density at radius 1 is 1.07 bits per heavy atom. The lowest BCUT2D eigenvalue weighted by molar-refractivity contribution is 1.18. The maximum atomic E-state index is 4.29. The Labute approximate surface area is 89.0 Å². The molecule has 2 nitrogen and oxygen atoms in total. The first kappa shape index (κ1) is 9.42. The fourth-order valence-electron chi connectivity index (χ4n) is 1.19. The average Bonchev–Trinajstić information content (AvgIpc) is 2.28. The van der Waals surface area contributed by atoms with Gasteiger partial charge in [-0.15, -0.1) is 0 Å². The van der Waals surface area contributed by atoms with Crippen LogP contribution in [0.15, 0.2) is 42.7 Å². The van der Waals surface area contributed by atoms with Crippen molar-refractivity contribution in [2.75, 3.05) is 0 Å². The molecular formula is C13H10N2. The van der Waals surface area contributed by atoms with Gasteiger partial charge in [0.1, 0.15) is 5.69 Å². The summed E-state index contributed by atoms with van der Waals surface area (Å²) in [6.45, 7) is 1.95. The number of hydrogen-bond donors (Lipinski definition) is 0. The van der Waals surface area contributed by atoms with Gasteiger partial charge >= 0.3 is 0 Å². The first-order chi connectivity index (χ1) is 7.34. The third-order valence-corrected chi connectivity index (χ3v) is 1.88. The molecule has 0 spiro atoms. The van der Waals surface area contributed by atoms with E-state index in [1.54, 1.807) is 12.4 Å². The number of pyridine rings is 2. The van der Waals surface area contributed by atoms with Gasteiger partial charge in [0.25, 0.3) is 0 Å². The molecule has 0 bridgehead atoms. The Kier molecular flexibility index (Phi) is 2.75. The molecule has 0 fully saturated rings. The number of hydrogen-bond acceptors (Lipinski definition) is 2. The van der Waals surface area contributed by atoms with Crippen LogP contribution < -0.4 is 0 Å². The predicted molar refractivity (Wildman–Crippen MR) is 59.2 cm³/mol. The zero-order valence-corrected chi connectivity index (χ0v) is 8.44. The molecule has 0 unspecified atom stereocenters. The predicted octanol–water partition coefficient (Wildman–Crippen LogP) is 2.18. The minimum atomic E-state index is 0.791. The van der Waals surface area contributed by atoms with Crippen LogP contribution in [0.3, 0.4) is 0 Å². The van der Waals surface area contributed by atoms with Crippen LogP contribution in [-0.2, 0) is 0 Å². The summed E-state index contributed by atoms with van der Waals surface area (Å²) >= 11 is 0. The molecular weight excluding hydrogens is 184 g/mol. The van der Waals surface area contributed by atoms with Crippen molar-refractivity contribution in [1.29, 1.82) is 0 Å². The molecule has 0 radical (unpaired) electrons. The quantitative estimate of drug-likeness (QED) is 0.601. The summed E-state index contributed by atoms with van der Waals surface area (Å²) in [5.41, 5.74) is 2.67. The van der Waals surface area contributed by atoms with Crippen LogP contribution in [-0.4, -0.2) is 9.97 Å². The van der Waals surface area contributed by atoms with Gasteiger partial charge in [-0.25, -0.2) is 4.98 Å². The Morgan fingerprint density at radius 2 is 2.00 bits per heavy atom. The van der Waals surface area contributed by atoms with Gasteiger partial charge in [-0.2, -0.15) is 0 Å². The van der Waals surface area contributed by atoms with E-state index in [0.717, 1.165) is 17.0 Å². The van der Waals surface area contributed by atoms with Crippen LogP contribution >= 0.6 is 0 Å². The maximum Gasteiger partial charge on any atom is 0.113 e. The van der Waals surface area contributed by atoms with Gasteiger partial charge in [0.05, 0.1) is 0 Å². The molecule has 0 aromatic carbocycles. The van der Waals surface area contributed by atoms with Crippen molar-refractivity contribution in [3.63, 3.8) is 0 Å². The van der Waals surface area contributed by atoms with E-state index < -0.39 is 0 Å². The second-order valence-electron chi connectivity index (χ2n) is 3.16. The van der Waals surface area contributed by atoms with Crippen molar-refractivity contribution >= 4 is 0 Å². The van der Waals surface area contributed by atoms with Crippen molar-refractivity contribution in [2.45, 2.75) is 6.92 Å². The van der Waals surface area contributed by atoms with E-state index in [1.165, 1.54) is 0 Å². The minimum Gasteiger partial charge on any atom is -0.263 e. The monoisotopic (exact) mass is 194 g/mol. The van der Waals surface area contributed by atoms with E-state index in [2.05, 4.69) is 21.8 Å². The SMILES string of the molecule is Cc1cccc(C#Cc2cccnc2)n1. The van der Waals surface area contributed by atoms with Crippen LogP contribution in [0.4, 0.5) is 0 Å². The Hall–Kier alpha value is -2.14. The highest BCUT2D eigenvalue weighted by molar-refractivity contribution is 5.38. The van der Waals surface area contributed by atoms with Crippen LogP contribution in [0.25, 0.3) is 0 Å². The highest BCUT2D eigenvalue weighted by atomic mass is 14.7. The number of rotatable bonds is 0. The van der Waals surface area contributed by atoms with E-state index in [0.29, 0.717) is 0 Å². The highest BCUT2D eigenvalue weighted by Gasteiger charge is 1.88. The summed E-state index contributed by atoms with van der Waals surface area (Å²) in [4.78, 5) is 8.29. The topological polar surface area (TPSA) is 25.8 Å². The standard InChI is InChI=1S/C13H10N2/c1-11-4-2-6-13(15-11)8-7-12-5-3-9-14-10-12/h2-6,9-10H,1H3. The third kappa shape index (κ3) is 2.65. The normalized spacial score (nSPS) is 9.13. The lowest BCUT2D eigenvalue weighted by atomic mass is 10.2. The van der Waals surface area contributed by atoms with E-state index in [-0.39, 0.29) is 0 Å². The van der Waals surface area contributed by atoms with Gasteiger partial charge < -0.3 is 0 Å². The molecule has 0 saturated carbocycles. The largest absolute Gasteiger partial charge is 0.263 e. The van der Waals surface area contributed by atoms with E-state index in [4.69, 9.17) is 0 Å². The lowest BCUT2D eigenvalue weighted by Crippen LogP contribution is -1.84. The summed E-state index contributed by atoms with van der Waals surface area (Å²) in [7, 11) is 0. The zero-order chi connectivity index (χ0) is 10.5. The summed E-state index contributed by atoms with van der Waals surface area (Å²) in [5.74, 6) is 6.01. The smallest absolute Gasteiger partial charge is 0.113 e. The Bertz CT molecular complexity index is 507. The molecule has 2 rings (SSSR count). The lowest BCUT2D eigenvalue weighted by Gasteiger charge is -1.91. The fraction of sp³-hybridized carbons (Fsp3) is 0.0769. The Balaban J connectivity index is 2.26. The maximum absolute atomic E-state index is 4.29. The molecule has 2 heterocycles. The second kappa shape index (κ2) is 4.39. The van der Waals surface area contributed by atoms with E-state index in [9.17, 15) is 0 Å². The van der Waals surface area contributed by atoms with Crippen molar-refractivity contribution in [2.24, 2.45) is 0 Å². The summed E-state index contributed by atoms with van der Waals surface area (Å²) in [6, 6.07) is 9.60.